The van der Waals surface area contributed by atoms with Gasteiger partial charge in [-0.15, -0.1) is 0 Å². The van der Waals surface area contributed by atoms with E-state index in [2.05, 4.69) is 0 Å². The zero-order chi connectivity index (χ0) is 13.9. The van der Waals surface area contributed by atoms with Crippen molar-refractivity contribution >= 4 is 19.7 Å². The number of ether oxygens (including phenoxy) is 1. The minimum Gasteiger partial charge on any atom is -0.489 e. The van der Waals surface area contributed by atoms with E-state index in [0.29, 0.717) is 6.61 Å². The molecule has 0 N–H and O–H groups in total. The molecule has 0 radical (unpaired) electrons. The summed E-state index contributed by atoms with van der Waals surface area (Å²) in [4.78, 5) is 0.0910. The highest BCUT2D eigenvalue weighted by atomic mass is 35.7. The van der Waals surface area contributed by atoms with Crippen LogP contribution in [0.4, 0.5) is 0 Å². The number of rotatable bonds is 4. The van der Waals surface area contributed by atoms with Crippen molar-refractivity contribution in [2.75, 3.05) is 0 Å². The van der Waals surface area contributed by atoms with Crippen LogP contribution in [-0.2, 0) is 15.7 Å². The van der Waals surface area contributed by atoms with Gasteiger partial charge in [-0.25, -0.2) is 8.42 Å². The van der Waals surface area contributed by atoms with E-state index < -0.39 is 9.05 Å². The molecular formula is C14H13ClO3S. The van der Waals surface area contributed by atoms with Crippen molar-refractivity contribution in [3.8, 4) is 5.75 Å². The predicted octanol–water partition coefficient (Wildman–Crippen LogP) is 3.50. The van der Waals surface area contributed by atoms with Crippen LogP contribution >= 0.6 is 10.7 Å². The van der Waals surface area contributed by atoms with E-state index in [1.165, 1.54) is 17.7 Å². The number of benzene rings is 2. The topological polar surface area (TPSA) is 43.4 Å². The van der Waals surface area contributed by atoms with Crippen LogP contribution in [-0.4, -0.2) is 8.42 Å². The lowest BCUT2D eigenvalue weighted by Gasteiger charge is -2.07. The molecule has 19 heavy (non-hydrogen) atoms. The fraction of sp³-hybridized carbons (Fsp3) is 0.143. The van der Waals surface area contributed by atoms with Gasteiger partial charge in [0.05, 0.1) is 4.90 Å². The molecule has 0 saturated carbocycles. The summed E-state index contributed by atoms with van der Waals surface area (Å²) in [5, 5.41) is 0. The normalized spacial score (nSPS) is 11.3. The second-order valence-electron chi connectivity index (χ2n) is 4.18. The second kappa shape index (κ2) is 5.63. The minimum absolute atomic E-state index is 0.0910. The van der Waals surface area contributed by atoms with E-state index in [0.717, 1.165) is 11.3 Å². The number of hydrogen-bond donors (Lipinski definition) is 0. The second-order valence-corrected chi connectivity index (χ2v) is 6.75. The molecule has 2 aromatic rings. The molecule has 100 valence electrons. The Morgan fingerprint density at radius 3 is 2.11 bits per heavy atom. The van der Waals surface area contributed by atoms with Crippen LogP contribution in [0.25, 0.3) is 0 Å². The van der Waals surface area contributed by atoms with Gasteiger partial charge in [0.1, 0.15) is 12.4 Å². The molecule has 0 fully saturated rings. The summed E-state index contributed by atoms with van der Waals surface area (Å²) in [7, 11) is 1.58. The molecule has 3 nitrogen and oxygen atoms in total. The Morgan fingerprint density at radius 2 is 1.58 bits per heavy atom. The number of hydrogen-bond acceptors (Lipinski definition) is 3. The molecule has 0 aliphatic rings. The molecule has 2 aromatic carbocycles. The Bertz CT molecular complexity index is 646. The van der Waals surface area contributed by atoms with Crippen molar-refractivity contribution in [3.05, 3.63) is 59.7 Å². The van der Waals surface area contributed by atoms with Crippen molar-refractivity contribution in [2.24, 2.45) is 0 Å². The molecular weight excluding hydrogens is 284 g/mol. The van der Waals surface area contributed by atoms with E-state index in [4.69, 9.17) is 15.4 Å². The number of halogens is 1. The lowest BCUT2D eigenvalue weighted by molar-refractivity contribution is 0.306. The summed E-state index contributed by atoms with van der Waals surface area (Å²) in [5.74, 6) is 0.777. The fourth-order valence-corrected chi connectivity index (χ4v) is 2.32. The molecule has 2 rings (SSSR count). The fourth-order valence-electron chi connectivity index (χ4n) is 1.55. The minimum atomic E-state index is -3.66. The van der Waals surface area contributed by atoms with Gasteiger partial charge >= 0.3 is 0 Å². The number of aryl methyl sites for hydroxylation is 1. The van der Waals surface area contributed by atoms with Crippen LogP contribution < -0.4 is 4.74 Å². The standard InChI is InChI=1S/C14H13ClO3S/c1-11-2-6-13(7-3-11)18-10-12-4-8-14(9-5-12)19(15,16)17/h2-9H,10H2,1H3. The van der Waals surface area contributed by atoms with Gasteiger partial charge in [-0.2, -0.15) is 0 Å². The average molecular weight is 297 g/mol. The maximum absolute atomic E-state index is 11.1. The van der Waals surface area contributed by atoms with Crippen molar-refractivity contribution in [2.45, 2.75) is 18.4 Å². The van der Waals surface area contributed by atoms with Crippen LogP contribution in [0.1, 0.15) is 11.1 Å². The van der Waals surface area contributed by atoms with E-state index in [-0.39, 0.29) is 4.90 Å². The van der Waals surface area contributed by atoms with E-state index >= 15 is 0 Å². The summed E-state index contributed by atoms with van der Waals surface area (Å²) < 4.78 is 27.8. The Balaban J connectivity index is 2.02. The zero-order valence-corrected chi connectivity index (χ0v) is 11.9. The third kappa shape index (κ3) is 3.98. The first-order valence-corrected chi connectivity index (χ1v) is 7.99. The molecule has 0 bridgehead atoms. The van der Waals surface area contributed by atoms with Gasteiger partial charge in [0.25, 0.3) is 9.05 Å². The third-order valence-corrected chi connectivity index (χ3v) is 4.00. The molecule has 0 heterocycles. The quantitative estimate of drug-likeness (QED) is 0.811. The molecule has 0 unspecified atom stereocenters. The van der Waals surface area contributed by atoms with Crippen molar-refractivity contribution in [1.82, 2.24) is 0 Å². The van der Waals surface area contributed by atoms with Crippen molar-refractivity contribution in [3.63, 3.8) is 0 Å². The molecule has 0 atom stereocenters. The first-order chi connectivity index (χ1) is 8.95. The molecule has 5 heteroatoms. The smallest absolute Gasteiger partial charge is 0.261 e. The largest absolute Gasteiger partial charge is 0.489 e. The first-order valence-electron chi connectivity index (χ1n) is 5.68. The van der Waals surface area contributed by atoms with Crippen LogP contribution in [0.3, 0.4) is 0 Å². The lowest BCUT2D eigenvalue weighted by atomic mass is 10.2. The van der Waals surface area contributed by atoms with Gasteiger partial charge in [0, 0.05) is 10.7 Å². The third-order valence-electron chi connectivity index (χ3n) is 2.63. The molecule has 0 aliphatic heterocycles. The Hall–Kier alpha value is -1.52. The summed E-state index contributed by atoms with van der Waals surface area (Å²) in [6.45, 7) is 2.39. The zero-order valence-electron chi connectivity index (χ0n) is 10.3. The van der Waals surface area contributed by atoms with Crippen LogP contribution in [0, 0.1) is 6.92 Å². The van der Waals surface area contributed by atoms with Gasteiger partial charge in [-0.05, 0) is 36.8 Å². The van der Waals surface area contributed by atoms with E-state index in [9.17, 15) is 8.42 Å². The Kier molecular flexibility index (Phi) is 4.12. The average Bonchev–Trinajstić information content (AvgIpc) is 2.37. The van der Waals surface area contributed by atoms with E-state index in [1.54, 1.807) is 12.1 Å². The molecule has 0 amide bonds. The van der Waals surface area contributed by atoms with Gasteiger partial charge in [0.2, 0.25) is 0 Å². The first kappa shape index (κ1) is 13.9. The van der Waals surface area contributed by atoms with Crippen LogP contribution in [0.5, 0.6) is 5.75 Å². The molecule has 0 aliphatic carbocycles. The molecule has 0 aromatic heterocycles. The van der Waals surface area contributed by atoms with E-state index in [1.807, 2.05) is 31.2 Å². The summed E-state index contributed by atoms with van der Waals surface area (Å²) >= 11 is 0. The highest BCUT2D eigenvalue weighted by Gasteiger charge is 2.08. The highest BCUT2D eigenvalue weighted by molar-refractivity contribution is 8.13. The maximum atomic E-state index is 11.1. The van der Waals surface area contributed by atoms with Crippen LogP contribution in [0.2, 0.25) is 0 Å². The van der Waals surface area contributed by atoms with Gasteiger partial charge in [0.15, 0.2) is 0 Å². The predicted molar refractivity (Wildman–Crippen MR) is 75.0 cm³/mol. The highest BCUT2D eigenvalue weighted by Crippen LogP contribution is 2.17. The maximum Gasteiger partial charge on any atom is 0.261 e. The van der Waals surface area contributed by atoms with Crippen molar-refractivity contribution < 1.29 is 13.2 Å². The monoisotopic (exact) mass is 296 g/mol. The van der Waals surface area contributed by atoms with Gasteiger partial charge < -0.3 is 4.74 Å². The van der Waals surface area contributed by atoms with Crippen LogP contribution in [0.15, 0.2) is 53.4 Å². The Labute approximate surface area is 117 Å². The summed E-state index contributed by atoms with van der Waals surface area (Å²) in [6, 6.07) is 14.0. The Morgan fingerprint density at radius 1 is 1.00 bits per heavy atom. The molecule has 0 saturated heterocycles. The van der Waals surface area contributed by atoms with Crippen molar-refractivity contribution in [1.29, 1.82) is 0 Å². The molecule has 0 spiro atoms. The SMILES string of the molecule is Cc1ccc(OCc2ccc(S(=O)(=O)Cl)cc2)cc1. The van der Waals surface area contributed by atoms with Gasteiger partial charge in [-0.1, -0.05) is 29.8 Å². The summed E-state index contributed by atoms with van der Waals surface area (Å²) in [5.41, 5.74) is 2.05. The van der Waals surface area contributed by atoms with Gasteiger partial charge in [-0.3, -0.25) is 0 Å². The lowest BCUT2D eigenvalue weighted by Crippen LogP contribution is -1.96. The summed E-state index contributed by atoms with van der Waals surface area (Å²) in [6.07, 6.45) is 0.